The number of pyridine rings is 1. The molecule has 0 amide bonds. The first kappa shape index (κ1) is 20.4. The Bertz CT molecular complexity index is 1790. The van der Waals surface area contributed by atoms with E-state index >= 15 is 0 Å². The zero-order valence-electron chi connectivity index (χ0n) is 19.9. The molecule has 6 heterocycles. The van der Waals surface area contributed by atoms with Crippen LogP contribution in [0.2, 0.25) is 0 Å². The minimum Gasteiger partial charge on any atom is -0.344 e. The van der Waals surface area contributed by atoms with E-state index in [4.69, 9.17) is 0 Å². The third-order valence-electron chi connectivity index (χ3n) is 7.08. The normalized spacial score (nSPS) is 16.5. The summed E-state index contributed by atoms with van der Waals surface area (Å²) in [6.45, 7) is 0. The van der Waals surface area contributed by atoms with Gasteiger partial charge in [0, 0.05) is 84.6 Å². The largest absolute Gasteiger partial charge is 0.344 e. The number of nitrogens with zero attached hydrogens (tertiary/aromatic N) is 5. The maximum absolute atomic E-state index is 4.22. The Hall–Kier alpha value is -4.25. The topological polar surface area (TPSA) is 32.6 Å². The van der Waals surface area contributed by atoms with E-state index in [1.807, 2.05) is 12.4 Å². The molecule has 0 aromatic carbocycles. The monoisotopic (exact) mass is 445 g/mol. The second kappa shape index (κ2) is 7.66. The number of hydrogen-bond acceptors (Lipinski definition) is 1. The van der Waals surface area contributed by atoms with Crippen LogP contribution in [0.3, 0.4) is 0 Å². The average Bonchev–Trinajstić information content (AvgIpc) is 3.56. The summed E-state index contributed by atoms with van der Waals surface area (Å²) in [4.78, 5) is 4.22. The van der Waals surface area contributed by atoms with Crippen molar-refractivity contribution in [1.29, 1.82) is 0 Å². The summed E-state index contributed by atoms with van der Waals surface area (Å²) < 4.78 is 9.00. The van der Waals surface area contributed by atoms with Crippen molar-refractivity contribution < 1.29 is 0 Å². The van der Waals surface area contributed by atoms with Gasteiger partial charge in [0.2, 0.25) is 0 Å². The van der Waals surface area contributed by atoms with Crippen LogP contribution in [0.5, 0.6) is 0 Å². The van der Waals surface area contributed by atoms with E-state index in [2.05, 4.69) is 130 Å². The van der Waals surface area contributed by atoms with Crippen molar-refractivity contribution in [1.82, 2.24) is 23.3 Å². The number of hydrogen-bond donors (Lipinski definition) is 0. The maximum Gasteiger partial charge on any atom is 0.0509 e. The molecule has 8 bridgehead atoms. The molecule has 0 atom stereocenters. The maximum atomic E-state index is 4.22. The molecule has 6 rings (SSSR count). The van der Waals surface area contributed by atoms with E-state index < -0.39 is 0 Å². The molecule has 0 saturated heterocycles. The Balaban J connectivity index is 1.74. The van der Waals surface area contributed by atoms with Gasteiger partial charge in [-0.25, -0.2) is 0 Å². The Labute approximate surface area is 198 Å². The van der Waals surface area contributed by atoms with Crippen molar-refractivity contribution >= 4 is 24.3 Å². The van der Waals surface area contributed by atoms with Gasteiger partial charge in [-0.15, -0.1) is 0 Å². The van der Waals surface area contributed by atoms with Gasteiger partial charge in [-0.05, 0) is 84.5 Å². The number of rotatable bonds is 1. The molecule has 5 aromatic heterocycles. The molecule has 5 aromatic rings. The van der Waals surface area contributed by atoms with Gasteiger partial charge < -0.3 is 18.3 Å². The van der Waals surface area contributed by atoms with E-state index in [1.54, 1.807) is 0 Å². The van der Waals surface area contributed by atoms with Crippen LogP contribution in [0.25, 0.3) is 35.4 Å². The highest BCUT2D eigenvalue weighted by Crippen LogP contribution is 2.27. The molecule has 168 valence electrons. The predicted octanol–water partition coefficient (Wildman–Crippen LogP) is 1.73. The van der Waals surface area contributed by atoms with Gasteiger partial charge in [-0.3, -0.25) is 4.98 Å². The fourth-order valence-corrected chi connectivity index (χ4v) is 4.81. The van der Waals surface area contributed by atoms with Crippen molar-refractivity contribution in [2.45, 2.75) is 0 Å². The Kier molecular flexibility index (Phi) is 4.59. The Morgan fingerprint density at radius 2 is 1.00 bits per heavy atom. The van der Waals surface area contributed by atoms with E-state index in [0.717, 1.165) is 22.0 Å². The van der Waals surface area contributed by atoms with Crippen molar-refractivity contribution in [3.8, 4) is 11.1 Å². The molecule has 0 radical (unpaired) electrons. The quantitative estimate of drug-likeness (QED) is 0.380. The highest BCUT2D eigenvalue weighted by atomic mass is 15.0. The molecule has 0 unspecified atom stereocenters. The summed E-state index contributed by atoms with van der Waals surface area (Å²) in [6, 6.07) is 19.5. The standard InChI is InChI=1S/C29H27N5/c1-31-21-5-6-22(31)16-24-9-10-26(33(24)3)19-29-28(20-11-13-30-14-12-20)18-27(34(29)4)17-25-8-7-23(15-21)32(25)2/h5-19H,1-4H3/b21-15?,22-16?,23-15-,24-16-,25-17-,26-19-,27-17?,29-19?. The van der Waals surface area contributed by atoms with Crippen LogP contribution >= 0.6 is 0 Å². The van der Waals surface area contributed by atoms with Crippen molar-refractivity contribution in [3.63, 3.8) is 0 Å². The second-order valence-corrected chi connectivity index (χ2v) is 8.97. The van der Waals surface area contributed by atoms with Crippen LogP contribution in [0.15, 0.2) is 67.0 Å². The third kappa shape index (κ3) is 3.20. The van der Waals surface area contributed by atoms with Crippen LogP contribution in [0, 0.1) is 0 Å². The van der Waals surface area contributed by atoms with Gasteiger partial charge in [0.1, 0.15) is 0 Å². The first-order valence-electron chi connectivity index (χ1n) is 11.5. The molecule has 5 nitrogen and oxygen atoms in total. The summed E-state index contributed by atoms with van der Waals surface area (Å²) in [5.41, 5.74) is 7.02. The minimum absolute atomic E-state index is 1.15. The predicted molar refractivity (Wildman–Crippen MR) is 138 cm³/mol. The summed E-state index contributed by atoms with van der Waals surface area (Å²) in [5.74, 6) is 0. The van der Waals surface area contributed by atoms with Crippen molar-refractivity contribution in [2.75, 3.05) is 0 Å². The van der Waals surface area contributed by atoms with Crippen LogP contribution in [0.1, 0.15) is 22.8 Å². The molecular weight excluding hydrogens is 418 g/mol. The lowest BCUT2D eigenvalue weighted by molar-refractivity contribution is 0.840. The molecule has 1 aliphatic rings. The Morgan fingerprint density at radius 1 is 0.500 bits per heavy atom. The molecule has 1 aliphatic heterocycles. The molecule has 0 aliphatic carbocycles. The van der Waals surface area contributed by atoms with Gasteiger partial charge in [-0.1, -0.05) is 0 Å². The molecule has 0 spiro atoms. The summed E-state index contributed by atoms with van der Waals surface area (Å²) in [6.07, 6.45) is 12.7. The third-order valence-corrected chi connectivity index (χ3v) is 7.08. The number of aromatic nitrogens is 5. The minimum atomic E-state index is 1.15. The van der Waals surface area contributed by atoms with Crippen LogP contribution in [-0.4, -0.2) is 23.3 Å². The van der Waals surface area contributed by atoms with Crippen molar-refractivity contribution in [2.24, 2.45) is 28.2 Å². The fraction of sp³-hybridized carbons (Fsp3) is 0.138. The van der Waals surface area contributed by atoms with E-state index in [1.165, 1.54) is 33.3 Å². The SMILES string of the molecule is Cn1c2ccc1/C=c1/cc/c(n1C)=C/c1c(-c3ccncc3)cc(n1C)/C=c1/cc/c(n1C)=C/2. The highest BCUT2D eigenvalue weighted by molar-refractivity contribution is 5.76. The van der Waals surface area contributed by atoms with Gasteiger partial charge in [-0.2, -0.15) is 0 Å². The van der Waals surface area contributed by atoms with Crippen molar-refractivity contribution in [3.05, 3.63) is 111 Å². The highest BCUT2D eigenvalue weighted by Gasteiger charge is 2.12. The van der Waals surface area contributed by atoms with Gasteiger partial charge in [0.05, 0.1) is 5.69 Å². The molecule has 0 fully saturated rings. The van der Waals surface area contributed by atoms with Crippen LogP contribution in [0.4, 0.5) is 0 Å². The molecule has 5 heteroatoms. The molecular formula is C29H27N5. The summed E-state index contributed by atoms with van der Waals surface area (Å²) in [7, 11) is 8.52. The summed E-state index contributed by atoms with van der Waals surface area (Å²) >= 11 is 0. The van der Waals surface area contributed by atoms with Gasteiger partial charge in [0.25, 0.3) is 0 Å². The lowest BCUT2D eigenvalue weighted by Crippen LogP contribution is -2.24. The molecule has 0 saturated carbocycles. The number of fused-ring (bicyclic) bond motifs is 8. The molecule has 0 N–H and O–H groups in total. The lowest BCUT2D eigenvalue weighted by atomic mass is 10.1. The summed E-state index contributed by atoms with van der Waals surface area (Å²) in [5, 5.41) is 4.65. The van der Waals surface area contributed by atoms with Crippen LogP contribution < -0.4 is 21.4 Å². The lowest BCUT2D eigenvalue weighted by Gasteiger charge is -2.06. The first-order chi connectivity index (χ1) is 16.5. The zero-order chi connectivity index (χ0) is 23.4. The van der Waals surface area contributed by atoms with Crippen LogP contribution in [-0.2, 0) is 28.2 Å². The van der Waals surface area contributed by atoms with E-state index in [0.29, 0.717) is 0 Å². The van der Waals surface area contributed by atoms with Gasteiger partial charge in [0.15, 0.2) is 0 Å². The van der Waals surface area contributed by atoms with Gasteiger partial charge >= 0.3 is 0 Å². The fourth-order valence-electron chi connectivity index (χ4n) is 4.81. The van der Waals surface area contributed by atoms with E-state index in [9.17, 15) is 0 Å². The molecule has 34 heavy (non-hydrogen) atoms. The van der Waals surface area contributed by atoms with E-state index in [-0.39, 0.29) is 0 Å². The Morgan fingerprint density at radius 3 is 1.56 bits per heavy atom. The smallest absolute Gasteiger partial charge is 0.0509 e. The average molecular weight is 446 g/mol. The zero-order valence-corrected chi connectivity index (χ0v) is 19.9. The second-order valence-electron chi connectivity index (χ2n) is 8.97. The first-order valence-corrected chi connectivity index (χ1v) is 11.5.